The van der Waals surface area contributed by atoms with Crippen LogP contribution in [0, 0.1) is 13.8 Å². The monoisotopic (exact) mass is 289 g/mol. The molecule has 2 aromatic rings. The summed E-state index contributed by atoms with van der Waals surface area (Å²) in [5, 5.41) is 4.19. The van der Waals surface area contributed by atoms with Crippen molar-refractivity contribution in [3.8, 4) is 0 Å². The van der Waals surface area contributed by atoms with Crippen LogP contribution in [0.25, 0.3) is 0 Å². The van der Waals surface area contributed by atoms with Gasteiger partial charge in [0, 0.05) is 25.5 Å². The zero-order valence-corrected chi connectivity index (χ0v) is 12.1. The molecule has 0 spiro atoms. The predicted molar refractivity (Wildman–Crippen MR) is 76.9 cm³/mol. The van der Waals surface area contributed by atoms with E-state index in [9.17, 15) is 4.79 Å². The number of carbonyl (C=O) groups is 1. The van der Waals surface area contributed by atoms with Gasteiger partial charge in [-0.2, -0.15) is 0 Å². The zero-order valence-electron chi connectivity index (χ0n) is 11.3. The Morgan fingerprint density at radius 2 is 2.20 bits per heavy atom. The van der Waals surface area contributed by atoms with Crippen molar-refractivity contribution in [2.24, 2.45) is 0 Å². The molecule has 7 heteroatoms. The average molecular weight is 289 g/mol. The molecular formula is C13H15N5OS. The number of thiazole rings is 1. The van der Waals surface area contributed by atoms with Gasteiger partial charge in [-0.15, -0.1) is 11.3 Å². The third kappa shape index (κ3) is 2.49. The van der Waals surface area contributed by atoms with Crippen LogP contribution in [-0.2, 0) is 0 Å². The summed E-state index contributed by atoms with van der Waals surface area (Å²) in [6, 6.07) is 0.241. The smallest absolute Gasteiger partial charge is 0.266 e. The molecule has 1 amide bonds. The number of rotatable bonds is 3. The second-order valence-corrected chi connectivity index (χ2v) is 5.99. The number of hydrogen-bond acceptors (Lipinski definition) is 6. The molecule has 0 aromatic carbocycles. The summed E-state index contributed by atoms with van der Waals surface area (Å²) in [6.45, 7) is 5.17. The molecule has 1 saturated heterocycles. The summed E-state index contributed by atoms with van der Waals surface area (Å²) >= 11 is 1.46. The van der Waals surface area contributed by atoms with Gasteiger partial charge in [0.1, 0.15) is 10.7 Å². The van der Waals surface area contributed by atoms with Crippen LogP contribution >= 0.6 is 11.3 Å². The fourth-order valence-electron chi connectivity index (χ4n) is 2.19. The molecule has 2 aromatic heterocycles. The predicted octanol–water partition coefficient (Wildman–Crippen LogP) is 1.49. The molecule has 1 N–H and O–H groups in total. The quantitative estimate of drug-likeness (QED) is 0.927. The second kappa shape index (κ2) is 5.16. The molecule has 1 aliphatic heterocycles. The number of hydrogen-bond donors (Lipinski definition) is 1. The van der Waals surface area contributed by atoms with Crippen molar-refractivity contribution in [2.75, 3.05) is 18.4 Å². The third-order valence-corrected chi connectivity index (χ3v) is 4.24. The van der Waals surface area contributed by atoms with Crippen LogP contribution in [-0.4, -0.2) is 44.9 Å². The minimum absolute atomic E-state index is 0.0743. The molecule has 104 valence electrons. The minimum atomic E-state index is 0.0743. The number of nitrogens with one attached hydrogen (secondary N) is 1. The molecule has 0 atom stereocenters. The summed E-state index contributed by atoms with van der Waals surface area (Å²) in [6.07, 6.45) is 4.96. The lowest BCUT2D eigenvalue weighted by molar-refractivity contribution is 0.0629. The van der Waals surface area contributed by atoms with Crippen molar-refractivity contribution in [2.45, 2.75) is 19.9 Å². The lowest BCUT2D eigenvalue weighted by Crippen LogP contribution is -2.57. The molecular weight excluding hydrogens is 274 g/mol. The molecule has 20 heavy (non-hydrogen) atoms. The van der Waals surface area contributed by atoms with E-state index in [-0.39, 0.29) is 11.9 Å². The third-order valence-electron chi connectivity index (χ3n) is 3.18. The second-order valence-electron chi connectivity index (χ2n) is 4.79. The Labute approximate surface area is 120 Å². The molecule has 0 radical (unpaired) electrons. The van der Waals surface area contributed by atoms with Gasteiger partial charge in [0.2, 0.25) is 0 Å². The summed E-state index contributed by atoms with van der Waals surface area (Å²) in [5.41, 5.74) is 0.822. The van der Waals surface area contributed by atoms with E-state index < -0.39 is 0 Å². The maximum Gasteiger partial charge on any atom is 0.266 e. The highest BCUT2D eigenvalue weighted by molar-refractivity contribution is 7.13. The van der Waals surface area contributed by atoms with E-state index in [1.165, 1.54) is 11.3 Å². The highest BCUT2D eigenvalue weighted by Gasteiger charge is 2.33. The summed E-state index contributed by atoms with van der Waals surface area (Å²) in [5.74, 6) is 0.819. The Bertz CT molecular complexity index is 621. The van der Waals surface area contributed by atoms with E-state index in [4.69, 9.17) is 0 Å². The van der Waals surface area contributed by atoms with Crippen LogP contribution in [0.3, 0.4) is 0 Å². The Kier molecular flexibility index (Phi) is 3.35. The van der Waals surface area contributed by atoms with Crippen molar-refractivity contribution in [1.82, 2.24) is 19.9 Å². The largest absolute Gasteiger partial charge is 0.362 e. The Morgan fingerprint density at radius 3 is 2.80 bits per heavy atom. The topological polar surface area (TPSA) is 71.0 Å². The SMILES string of the molecule is Cc1nc(C)c(C(=O)N2CC(Nc3cnccn3)C2)s1. The first kappa shape index (κ1) is 13.0. The van der Waals surface area contributed by atoms with Crippen LogP contribution in [0.2, 0.25) is 0 Å². The van der Waals surface area contributed by atoms with Crippen molar-refractivity contribution < 1.29 is 4.79 Å². The molecule has 3 rings (SSSR count). The molecule has 0 aliphatic carbocycles. The first-order chi connectivity index (χ1) is 9.63. The fourth-order valence-corrected chi connectivity index (χ4v) is 3.08. The Hall–Kier alpha value is -2.02. The van der Waals surface area contributed by atoms with Crippen LogP contribution in [0.1, 0.15) is 20.4 Å². The van der Waals surface area contributed by atoms with Gasteiger partial charge >= 0.3 is 0 Å². The lowest BCUT2D eigenvalue weighted by Gasteiger charge is -2.39. The number of likely N-dealkylation sites (tertiary alicyclic amines) is 1. The first-order valence-electron chi connectivity index (χ1n) is 6.39. The van der Waals surface area contributed by atoms with E-state index in [1.807, 2.05) is 18.7 Å². The molecule has 1 aliphatic rings. The van der Waals surface area contributed by atoms with E-state index in [2.05, 4.69) is 20.3 Å². The zero-order chi connectivity index (χ0) is 14.1. The van der Waals surface area contributed by atoms with Gasteiger partial charge < -0.3 is 10.2 Å². The van der Waals surface area contributed by atoms with Gasteiger partial charge in [0.25, 0.3) is 5.91 Å². The standard InChI is InChI=1S/C13H15N5OS/c1-8-12(20-9(2)16-8)13(19)18-6-10(7-18)17-11-5-14-3-4-15-11/h3-5,10H,6-7H2,1-2H3,(H,15,17). The van der Waals surface area contributed by atoms with Crippen LogP contribution in [0.15, 0.2) is 18.6 Å². The van der Waals surface area contributed by atoms with Crippen molar-refractivity contribution in [3.63, 3.8) is 0 Å². The van der Waals surface area contributed by atoms with E-state index in [0.717, 1.165) is 21.4 Å². The van der Waals surface area contributed by atoms with Gasteiger partial charge in [-0.3, -0.25) is 9.78 Å². The van der Waals surface area contributed by atoms with E-state index in [1.54, 1.807) is 18.6 Å². The number of aromatic nitrogens is 3. The lowest BCUT2D eigenvalue weighted by atomic mass is 10.1. The highest BCUT2D eigenvalue weighted by atomic mass is 32.1. The normalized spacial score (nSPS) is 15.0. The average Bonchev–Trinajstić information content (AvgIpc) is 2.73. The van der Waals surface area contributed by atoms with E-state index in [0.29, 0.717) is 13.1 Å². The van der Waals surface area contributed by atoms with Crippen LogP contribution in [0.4, 0.5) is 5.82 Å². The minimum Gasteiger partial charge on any atom is -0.362 e. The number of anilines is 1. The van der Waals surface area contributed by atoms with Crippen molar-refractivity contribution in [3.05, 3.63) is 34.2 Å². The Balaban J connectivity index is 1.58. The van der Waals surface area contributed by atoms with Gasteiger partial charge in [-0.1, -0.05) is 0 Å². The maximum atomic E-state index is 12.3. The van der Waals surface area contributed by atoms with Gasteiger partial charge in [-0.25, -0.2) is 9.97 Å². The van der Waals surface area contributed by atoms with Gasteiger partial charge in [-0.05, 0) is 13.8 Å². The highest BCUT2D eigenvalue weighted by Crippen LogP contribution is 2.22. The summed E-state index contributed by atoms with van der Waals surface area (Å²) in [7, 11) is 0. The van der Waals surface area contributed by atoms with Gasteiger partial charge in [0.05, 0.1) is 22.9 Å². The number of aryl methyl sites for hydroxylation is 2. The Morgan fingerprint density at radius 1 is 1.40 bits per heavy atom. The van der Waals surface area contributed by atoms with Gasteiger partial charge in [0.15, 0.2) is 0 Å². The fraction of sp³-hybridized carbons (Fsp3) is 0.385. The molecule has 6 nitrogen and oxygen atoms in total. The molecule has 0 unspecified atom stereocenters. The van der Waals surface area contributed by atoms with Crippen LogP contribution < -0.4 is 5.32 Å². The molecule has 0 bridgehead atoms. The summed E-state index contributed by atoms with van der Waals surface area (Å²) in [4.78, 5) is 27.3. The van der Waals surface area contributed by atoms with Crippen LogP contribution in [0.5, 0.6) is 0 Å². The number of amides is 1. The maximum absolute atomic E-state index is 12.3. The number of carbonyl (C=O) groups excluding carboxylic acids is 1. The number of nitrogens with zero attached hydrogens (tertiary/aromatic N) is 4. The molecule has 1 fully saturated rings. The molecule has 0 saturated carbocycles. The summed E-state index contributed by atoms with van der Waals surface area (Å²) < 4.78 is 0. The molecule has 3 heterocycles. The van der Waals surface area contributed by atoms with E-state index >= 15 is 0 Å². The van der Waals surface area contributed by atoms with Crippen molar-refractivity contribution >= 4 is 23.1 Å². The van der Waals surface area contributed by atoms with Crippen molar-refractivity contribution in [1.29, 1.82) is 0 Å². The first-order valence-corrected chi connectivity index (χ1v) is 7.21.